The monoisotopic (exact) mass is 354 g/mol. The topological polar surface area (TPSA) is 75.2 Å². The number of aromatic nitrogens is 2. The van der Waals surface area contributed by atoms with Crippen LogP contribution in [0.15, 0.2) is 54.6 Å². The van der Waals surface area contributed by atoms with Crippen molar-refractivity contribution in [2.24, 2.45) is 0 Å². The van der Waals surface area contributed by atoms with E-state index >= 15 is 0 Å². The summed E-state index contributed by atoms with van der Waals surface area (Å²) in [5.74, 6) is 0.00983. The average molecular weight is 355 g/mol. The van der Waals surface area contributed by atoms with Crippen molar-refractivity contribution in [3.63, 3.8) is 0 Å². The summed E-state index contributed by atoms with van der Waals surface area (Å²) < 4.78 is 4.96. The highest BCUT2D eigenvalue weighted by molar-refractivity contribution is 6.30. The molecule has 126 valence electrons. The number of methoxy groups -OCH3 is 1. The van der Waals surface area contributed by atoms with Crippen LogP contribution in [0.25, 0.3) is 17.3 Å². The van der Waals surface area contributed by atoms with E-state index in [0.29, 0.717) is 22.0 Å². The Kier molecular flexibility index (Phi) is 4.86. The molecule has 25 heavy (non-hydrogen) atoms. The number of ether oxygens (including phenoxy) is 1. The van der Waals surface area contributed by atoms with Crippen LogP contribution in [0, 0.1) is 0 Å². The predicted molar refractivity (Wildman–Crippen MR) is 97.1 cm³/mol. The van der Waals surface area contributed by atoms with Gasteiger partial charge >= 0.3 is 0 Å². The number of hydrogen-bond acceptors (Lipinski definition) is 4. The lowest BCUT2D eigenvalue weighted by molar-refractivity contribution is 0.104. The van der Waals surface area contributed by atoms with Crippen molar-refractivity contribution in [1.29, 1.82) is 0 Å². The van der Waals surface area contributed by atoms with E-state index in [1.54, 1.807) is 30.3 Å². The van der Waals surface area contributed by atoms with E-state index in [4.69, 9.17) is 16.3 Å². The Morgan fingerprint density at radius 1 is 1.20 bits per heavy atom. The number of allylic oxidation sites excluding steroid dienone is 1. The van der Waals surface area contributed by atoms with Crippen LogP contribution in [-0.4, -0.2) is 28.2 Å². The first-order valence-electron chi connectivity index (χ1n) is 7.47. The normalized spacial score (nSPS) is 11.0. The molecule has 0 aliphatic rings. The molecule has 5 nitrogen and oxygen atoms in total. The van der Waals surface area contributed by atoms with Gasteiger partial charge in [0.05, 0.1) is 18.5 Å². The summed E-state index contributed by atoms with van der Waals surface area (Å²) in [6.45, 7) is 0. The third-order valence-corrected chi connectivity index (χ3v) is 3.87. The van der Waals surface area contributed by atoms with E-state index in [0.717, 1.165) is 11.3 Å². The Balaban J connectivity index is 1.75. The van der Waals surface area contributed by atoms with Crippen molar-refractivity contribution in [2.45, 2.75) is 0 Å². The molecule has 0 fully saturated rings. The summed E-state index contributed by atoms with van der Waals surface area (Å²) in [7, 11) is 1.45. The highest BCUT2D eigenvalue weighted by Crippen LogP contribution is 2.26. The smallest absolute Gasteiger partial charge is 0.186 e. The van der Waals surface area contributed by atoms with Crippen LogP contribution in [0.3, 0.4) is 0 Å². The number of aromatic amines is 1. The highest BCUT2D eigenvalue weighted by atomic mass is 35.5. The molecule has 0 aliphatic heterocycles. The van der Waals surface area contributed by atoms with Crippen molar-refractivity contribution in [3.05, 3.63) is 70.9 Å². The van der Waals surface area contributed by atoms with Gasteiger partial charge in [-0.15, -0.1) is 0 Å². The predicted octanol–water partition coefficient (Wildman–Crippen LogP) is 4.34. The molecule has 0 saturated carbocycles. The van der Waals surface area contributed by atoms with Gasteiger partial charge in [0.15, 0.2) is 17.3 Å². The zero-order chi connectivity index (χ0) is 17.8. The van der Waals surface area contributed by atoms with E-state index in [1.165, 1.54) is 19.3 Å². The Bertz CT molecular complexity index is 930. The minimum atomic E-state index is -0.236. The molecule has 0 amide bonds. The maximum Gasteiger partial charge on any atom is 0.186 e. The number of benzene rings is 2. The van der Waals surface area contributed by atoms with Crippen LogP contribution in [-0.2, 0) is 0 Å². The van der Waals surface area contributed by atoms with Gasteiger partial charge in [0.1, 0.15) is 0 Å². The fourth-order valence-corrected chi connectivity index (χ4v) is 2.42. The number of nitrogens with one attached hydrogen (secondary N) is 1. The lowest BCUT2D eigenvalue weighted by Gasteiger charge is -2.03. The standard InChI is InChI=1S/C19H15ClN2O3/c1-25-19-9-4-13(10-18(19)24)17(23)8-7-15-11-16(22-21-15)12-2-5-14(20)6-3-12/h2-11,24H,1H3,(H,21,22)/b8-7+. The minimum Gasteiger partial charge on any atom is -0.504 e. The second-order valence-corrected chi connectivity index (χ2v) is 5.74. The lowest BCUT2D eigenvalue weighted by atomic mass is 10.1. The number of phenols is 1. The van der Waals surface area contributed by atoms with Crippen LogP contribution in [0.1, 0.15) is 16.1 Å². The van der Waals surface area contributed by atoms with E-state index < -0.39 is 0 Å². The summed E-state index contributed by atoms with van der Waals surface area (Å²) in [5, 5.41) is 17.5. The first kappa shape index (κ1) is 16.8. The number of aromatic hydroxyl groups is 1. The van der Waals surface area contributed by atoms with Crippen LogP contribution < -0.4 is 4.74 Å². The van der Waals surface area contributed by atoms with Crippen LogP contribution in [0.4, 0.5) is 0 Å². The van der Waals surface area contributed by atoms with Crippen LogP contribution >= 0.6 is 11.6 Å². The average Bonchev–Trinajstić information content (AvgIpc) is 3.09. The molecule has 1 heterocycles. The van der Waals surface area contributed by atoms with Gasteiger partial charge in [0.25, 0.3) is 0 Å². The van der Waals surface area contributed by atoms with Crippen molar-refractivity contribution in [3.8, 4) is 22.8 Å². The number of rotatable bonds is 5. The number of nitrogens with zero attached hydrogens (tertiary/aromatic N) is 1. The third kappa shape index (κ3) is 3.89. The Hall–Kier alpha value is -3.05. The van der Waals surface area contributed by atoms with Gasteiger partial charge in [-0.1, -0.05) is 23.7 Å². The van der Waals surface area contributed by atoms with Crippen molar-refractivity contribution < 1.29 is 14.6 Å². The molecule has 0 unspecified atom stereocenters. The largest absolute Gasteiger partial charge is 0.504 e. The summed E-state index contributed by atoms with van der Waals surface area (Å²) >= 11 is 5.87. The highest BCUT2D eigenvalue weighted by Gasteiger charge is 2.08. The number of ketones is 1. The SMILES string of the molecule is COc1ccc(C(=O)/C=C/c2cc(-c3ccc(Cl)cc3)n[nH]2)cc1O. The van der Waals surface area contributed by atoms with Crippen molar-refractivity contribution in [2.75, 3.05) is 7.11 Å². The molecular weight excluding hydrogens is 340 g/mol. The molecule has 0 spiro atoms. The van der Waals surface area contributed by atoms with E-state index in [2.05, 4.69) is 10.2 Å². The summed E-state index contributed by atoms with van der Waals surface area (Å²) in [6.07, 6.45) is 3.05. The van der Waals surface area contributed by atoms with E-state index in [1.807, 2.05) is 18.2 Å². The molecular formula is C19H15ClN2O3. The molecule has 2 aromatic carbocycles. The van der Waals surface area contributed by atoms with Gasteiger partial charge in [0.2, 0.25) is 0 Å². The van der Waals surface area contributed by atoms with Gasteiger partial charge in [-0.05, 0) is 48.6 Å². The number of carbonyl (C=O) groups is 1. The summed E-state index contributed by atoms with van der Waals surface area (Å²) in [4.78, 5) is 12.2. The van der Waals surface area contributed by atoms with Crippen molar-refractivity contribution >= 4 is 23.5 Å². The van der Waals surface area contributed by atoms with Crippen LogP contribution in [0.2, 0.25) is 5.02 Å². The van der Waals surface area contributed by atoms with Gasteiger partial charge in [0, 0.05) is 16.1 Å². The molecule has 0 radical (unpaired) electrons. The quantitative estimate of drug-likeness (QED) is 0.528. The Labute approximate surface area is 149 Å². The number of phenolic OH excluding ortho intramolecular Hbond substituents is 1. The lowest BCUT2D eigenvalue weighted by Crippen LogP contribution is -1.94. The molecule has 0 atom stereocenters. The second-order valence-electron chi connectivity index (χ2n) is 5.30. The molecule has 0 saturated heterocycles. The molecule has 3 aromatic rings. The van der Waals surface area contributed by atoms with Crippen LogP contribution in [0.5, 0.6) is 11.5 Å². The Morgan fingerprint density at radius 3 is 2.64 bits per heavy atom. The number of halogens is 1. The van der Waals surface area contributed by atoms with E-state index in [9.17, 15) is 9.90 Å². The molecule has 0 bridgehead atoms. The molecule has 6 heteroatoms. The van der Waals surface area contributed by atoms with Gasteiger partial charge in [-0.25, -0.2) is 0 Å². The molecule has 0 aliphatic carbocycles. The molecule has 2 N–H and O–H groups in total. The zero-order valence-corrected chi connectivity index (χ0v) is 14.1. The van der Waals surface area contributed by atoms with Gasteiger partial charge < -0.3 is 9.84 Å². The summed E-state index contributed by atoms with van der Waals surface area (Å²) in [5.41, 5.74) is 2.74. The maximum atomic E-state index is 12.2. The fourth-order valence-electron chi connectivity index (χ4n) is 2.30. The second kappa shape index (κ2) is 7.23. The number of hydrogen-bond donors (Lipinski definition) is 2. The summed E-state index contributed by atoms with van der Waals surface area (Å²) in [6, 6.07) is 13.7. The Morgan fingerprint density at radius 2 is 1.96 bits per heavy atom. The molecule has 3 rings (SSSR count). The fraction of sp³-hybridized carbons (Fsp3) is 0.0526. The van der Waals surface area contributed by atoms with Crippen molar-refractivity contribution in [1.82, 2.24) is 10.2 Å². The minimum absolute atomic E-state index is 0.0756. The van der Waals surface area contributed by atoms with E-state index in [-0.39, 0.29) is 11.5 Å². The number of carbonyl (C=O) groups excluding carboxylic acids is 1. The first-order chi connectivity index (χ1) is 12.1. The molecule has 1 aromatic heterocycles. The number of H-pyrrole nitrogens is 1. The van der Waals surface area contributed by atoms with Gasteiger partial charge in [-0.3, -0.25) is 9.89 Å². The third-order valence-electron chi connectivity index (χ3n) is 3.62. The zero-order valence-electron chi connectivity index (χ0n) is 13.4. The first-order valence-corrected chi connectivity index (χ1v) is 7.85. The van der Waals surface area contributed by atoms with Gasteiger partial charge in [-0.2, -0.15) is 5.10 Å². The maximum absolute atomic E-state index is 12.2.